The molecule has 6 nitrogen and oxygen atoms in total. The number of carbonyl (C=O) groups excluding carboxylic acids is 2. The zero-order valence-corrected chi connectivity index (χ0v) is 18.4. The molecule has 0 aromatic heterocycles. The molecule has 0 spiro atoms. The average Bonchev–Trinajstić information content (AvgIpc) is 2.88. The van der Waals surface area contributed by atoms with Gasteiger partial charge in [0.2, 0.25) is 0 Å². The summed E-state index contributed by atoms with van der Waals surface area (Å²) in [4.78, 5) is 24.9. The molecule has 172 valence electrons. The highest BCUT2D eigenvalue weighted by atomic mass is 16.6. The molecule has 0 heterocycles. The molecule has 0 aliphatic heterocycles. The van der Waals surface area contributed by atoms with Crippen LogP contribution >= 0.6 is 0 Å². The van der Waals surface area contributed by atoms with E-state index in [0.717, 1.165) is 0 Å². The number of esters is 2. The van der Waals surface area contributed by atoms with E-state index in [-0.39, 0.29) is 13.0 Å². The standard InChI is InChI=1S/C27H28O6/c1-19(24(28)25(29)20-11-5-2-6-12-20)23(33-27(31)22-15-9-4-10-16-22)17-18-32-26(30)21-13-7-3-8-14-21/h2-16,19,23-25,28-29H,17-18H2,1H3/t19-,23-,24+,25+/m0/s1. The summed E-state index contributed by atoms with van der Waals surface area (Å²) in [5, 5.41) is 21.5. The molecule has 2 N–H and O–H groups in total. The molecule has 0 aliphatic carbocycles. The smallest absolute Gasteiger partial charge is 0.338 e. The summed E-state index contributed by atoms with van der Waals surface area (Å²) < 4.78 is 11.0. The second-order valence-electron chi connectivity index (χ2n) is 7.81. The zero-order valence-electron chi connectivity index (χ0n) is 18.4. The van der Waals surface area contributed by atoms with Gasteiger partial charge in [0.25, 0.3) is 0 Å². The van der Waals surface area contributed by atoms with Crippen molar-refractivity contribution in [3.8, 4) is 0 Å². The van der Waals surface area contributed by atoms with Crippen LogP contribution in [0.4, 0.5) is 0 Å². The maximum Gasteiger partial charge on any atom is 0.338 e. The van der Waals surface area contributed by atoms with Crippen molar-refractivity contribution in [2.75, 3.05) is 6.61 Å². The number of benzene rings is 3. The van der Waals surface area contributed by atoms with Gasteiger partial charge >= 0.3 is 11.9 Å². The van der Waals surface area contributed by atoms with Crippen molar-refractivity contribution in [2.45, 2.75) is 31.7 Å². The van der Waals surface area contributed by atoms with Crippen LogP contribution in [0.25, 0.3) is 0 Å². The van der Waals surface area contributed by atoms with Crippen LogP contribution in [0, 0.1) is 5.92 Å². The molecule has 3 rings (SSSR count). The third-order valence-electron chi connectivity index (χ3n) is 5.50. The van der Waals surface area contributed by atoms with Crippen LogP contribution in [0.15, 0.2) is 91.0 Å². The van der Waals surface area contributed by atoms with E-state index in [0.29, 0.717) is 16.7 Å². The Hall–Kier alpha value is -3.48. The Morgan fingerprint density at radius 2 is 1.24 bits per heavy atom. The number of carbonyl (C=O) groups is 2. The summed E-state index contributed by atoms with van der Waals surface area (Å²) in [5.74, 6) is -1.67. The molecule has 0 fully saturated rings. The van der Waals surface area contributed by atoms with Crippen LogP contribution in [0.2, 0.25) is 0 Å². The second kappa shape index (κ2) is 11.9. The summed E-state index contributed by atoms with van der Waals surface area (Å²) in [6.45, 7) is 1.68. The molecule has 0 saturated carbocycles. The van der Waals surface area contributed by atoms with Crippen molar-refractivity contribution in [1.29, 1.82) is 0 Å². The fourth-order valence-electron chi connectivity index (χ4n) is 3.49. The van der Waals surface area contributed by atoms with E-state index in [1.54, 1.807) is 91.9 Å². The summed E-state index contributed by atoms with van der Waals surface area (Å²) in [5.41, 5.74) is 1.34. The van der Waals surface area contributed by atoms with Gasteiger partial charge in [-0.2, -0.15) is 0 Å². The minimum Gasteiger partial charge on any atom is -0.462 e. The Bertz CT molecular complexity index is 1010. The number of aliphatic hydroxyl groups is 2. The first-order chi connectivity index (χ1) is 16.0. The predicted molar refractivity (Wildman–Crippen MR) is 124 cm³/mol. The van der Waals surface area contributed by atoms with Gasteiger partial charge in [0.1, 0.15) is 12.2 Å². The quantitative estimate of drug-likeness (QED) is 0.452. The lowest BCUT2D eigenvalue weighted by Gasteiger charge is -2.30. The van der Waals surface area contributed by atoms with Crippen molar-refractivity contribution in [1.82, 2.24) is 0 Å². The first kappa shape index (κ1) is 24.2. The van der Waals surface area contributed by atoms with Gasteiger partial charge < -0.3 is 19.7 Å². The normalized spacial score (nSPS) is 14.5. The van der Waals surface area contributed by atoms with Crippen molar-refractivity contribution >= 4 is 11.9 Å². The molecule has 6 heteroatoms. The highest BCUT2D eigenvalue weighted by molar-refractivity contribution is 5.89. The molecule has 0 aliphatic rings. The lowest BCUT2D eigenvalue weighted by molar-refractivity contribution is -0.0663. The SMILES string of the molecule is C[C@H]([C@@H](O)[C@H](O)c1ccccc1)[C@H](CCOC(=O)c1ccccc1)OC(=O)c1ccccc1. The van der Waals surface area contributed by atoms with E-state index < -0.39 is 36.2 Å². The van der Waals surface area contributed by atoms with Gasteiger partial charge in [-0.1, -0.05) is 73.7 Å². The third-order valence-corrected chi connectivity index (χ3v) is 5.50. The number of rotatable bonds is 10. The fraction of sp³-hybridized carbons (Fsp3) is 0.259. The van der Waals surface area contributed by atoms with Gasteiger partial charge in [-0.15, -0.1) is 0 Å². The Balaban J connectivity index is 1.69. The zero-order chi connectivity index (χ0) is 23.6. The molecule has 0 radical (unpaired) electrons. The van der Waals surface area contributed by atoms with Gasteiger partial charge in [0.15, 0.2) is 0 Å². The van der Waals surface area contributed by atoms with Crippen LogP contribution in [-0.2, 0) is 9.47 Å². The topological polar surface area (TPSA) is 93.1 Å². The molecular formula is C27H28O6. The van der Waals surface area contributed by atoms with Gasteiger partial charge in [-0.05, 0) is 29.8 Å². The first-order valence-corrected chi connectivity index (χ1v) is 10.9. The summed E-state index contributed by atoms with van der Waals surface area (Å²) >= 11 is 0. The Morgan fingerprint density at radius 3 is 1.79 bits per heavy atom. The third kappa shape index (κ3) is 6.75. The minimum absolute atomic E-state index is 0.0149. The maximum absolute atomic E-state index is 12.7. The van der Waals surface area contributed by atoms with E-state index in [1.165, 1.54) is 0 Å². The molecule has 4 atom stereocenters. The molecule has 33 heavy (non-hydrogen) atoms. The monoisotopic (exact) mass is 448 g/mol. The van der Waals surface area contributed by atoms with Crippen molar-refractivity contribution in [2.24, 2.45) is 5.92 Å². The average molecular weight is 449 g/mol. The Morgan fingerprint density at radius 1 is 0.758 bits per heavy atom. The molecule has 0 saturated heterocycles. The van der Waals surface area contributed by atoms with Gasteiger partial charge in [0.05, 0.1) is 23.8 Å². The van der Waals surface area contributed by atoms with E-state index in [4.69, 9.17) is 9.47 Å². The molecule has 0 unspecified atom stereocenters. The number of hydrogen-bond acceptors (Lipinski definition) is 6. The lowest BCUT2D eigenvalue weighted by Crippen LogP contribution is -2.37. The van der Waals surface area contributed by atoms with Crippen LogP contribution in [0.3, 0.4) is 0 Å². The van der Waals surface area contributed by atoms with Gasteiger partial charge in [-0.25, -0.2) is 9.59 Å². The van der Waals surface area contributed by atoms with Crippen LogP contribution in [0.1, 0.15) is 45.7 Å². The van der Waals surface area contributed by atoms with Gasteiger partial charge in [-0.3, -0.25) is 0 Å². The highest BCUT2D eigenvalue weighted by Gasteiger charge is 2.33. The van der Waals surface area contributed by atoms with Crippen molar-refractivity contribution in [3.63, 3.8) is 0 Å². The van der Waals surface area contributed by atoms with E-state index in [1.807, 2.05) is 6.07 Å². The maximum atomic E-state index is 12.7. The number of aliphatic hydroxyl groups excluding tert-OH is 2. The number of ether oxygens (including phenoxy) is 2. The summed E-state index contributed by atoms with van der Waals surface area (Å²) in [6, 6.07) is 25.9. The van der Waals surface area contributed by atoms with Crippen LogP contribution in [-0.4, -0.2) is 41.0 Å². The fourth-order valence-corrected chi connectivity index (χ4v) is 3.49. The molecule has 3 aromatic rings. The Labute approximate surface area is 193 Å². The van der Waals surface area contributed by atoms with Crippen molar-refractivity contribution in [3.05, 3.63) is 108 Å². The molecule has 0 amide bonds. The van der Waals surface area contributed by atoms with E-state index in [9.17, 15) is 19.8 Å². The van der Waals surface area contributed by atoms with Crippen LogP contribution < -0.4 is 0 Å². The lowest BCUT2D eigenvalue weighted by atomic mass is 9.89. The first-order valence-electron chi connectivity index (χ1n) is 10.9. The second-order valence-corrected chi connectivity index (χ2v) is 7.81. The largest absolute Gasteiger partial charge is 0.462 e. The predicted octanol–water partition coefficient (Wildman–Crippen LogP) is 4.19. The Kier molecular flexibility index (Phi) is 8.75. The van der Waals surface area contributed by atoms with E-state index >= 15 is 0 Å². The summed E-state index contributed by atoms with van der Waals surface area (Å²) in [6.07, 6.45) is -3.00. The van der Waals surface area contributed by atoms with Crippen molar-refractivity contribution < 1.29 is 29.3 Å². The number of hydrogen-bond donors (Lipinski definition) is 2. The molecule has 3 aromatic carbocycles. The molecular weight excluding hydrogens is 420 g/mol. The van der Waals surface area contributed by atoms with Gasteiger partial charge in [0, 0.05) is 12.3 Å². The summed E-state index contributed by atoms with van der Waals surface area (Å²) in [7, 11) is 0. The minimum atomic E-state index is -1.20. The van der Waals surface area contributed by atoms with E-state index in [2.05, 4.69) is 0 Å². The molecule has 0 bridgehead atoms. The highest BCUT2D eigenvalue weighted by Crippen LogP contribution is 2.27. The van der Waals surface area contributed by atoms with Crippen LogP contribution in [0.5, 0.6) is 0 Å².